The second kappa shape index (κ2) is 5.86. The second-order valence-corrected chi connectivity index (χ2v) is 3.87. The molecule has 17 heavy (non-hydrogen) atoms. The molecule has 0 aliphatic carbocycles. The van der Waals surface area contributed by atoms with Gasteiger partial charge < -0.3 is 20.5 Å². The largest absolute Gasteiger partial charge is 0.497 e. The smallest absolute Gasteiger partial charge is 0.256 e. The van der Waals surface area contributed by atoms with Gasteiger partial charge in [-0.15, -0.1) is 0 Å². The molecule has 0 bridgehead atoms. The van der Waals surface area contributed by atoms with Crippen LogP contribution in [0.3, 0.4) is 0 Å². The van der Waals surface area contributed by atoms with E-state index in [1.54, 1.807) is 18.2 Å². The van der Waals surface area contributed by atoms with Crippen LogP contribution in [0.15, 0.2) is 18.2 Å². The maximum Gasteiger partial charge on any atom is 0.256 e. The summed E-state index contributed by atoms with van der Waals surface area (Å²) in [5, 5.41) is 9.73. The van der Waals surface area contributed by atoms with Crippen molar-refractivity contribution in [1.82, 2.24) is 0 Å². The minimum atomic E-state index is -1.22. The molecule has 6 heteroatoms. The average molecular weight is 259 g/mol. The number of aliphatic hydroxyl groups is 1. The fraction of sp³-hybridized carbons (Fsp3) is 0.364. The average Bonchev–Trinajstić information content (AvgIpc) is 2.35. The number of benzene rings is 1. The van der Waals surface area contributed by atoms with Crippen LogP contribution in [0.1, 0.15) is 0 Å². The quantitative estimate of drug-likeness (QED) is 0.831. The number of aliphatic hydroxyl groups excluding tert-OH is 1. The molecule has 5 nitrogen and oxygen atoms in total. The highest BCUT2D eigenvalue weighted by atomic mass is 35.5. The number of methoxy groups -OCH3 is 1. The number of likely N-dealkylation sites (N-methyl/N-ethyl adjacent to an activating group) is 1. The summed E-state index contributed by atoms with van der Waals surface area (Å²) in [5.74, 6) is 0.0959. The lowest BCUT2D eigenvalue weighted by Gasteiger charge is -2.21. The lowest BCUT2D eigenvalue weighted by Crippen LogP contribution is -2.40. The molecule has 3 N–H and O–H groups in total. The number of anilines is 1. The summed E-state index contributed by atoms with van der Waals surface area (Å²) in [7, 11) is 3.05. The van der Waals surface area contributed by atoms with Crippen molar-refractivity contribution in [2.75, 3.05) is 25.6 Å². The molecule has 1 atom stereocenters. The Labute approximate surface area is 105 Å². The third-order valence-corrected chi connectivity index (χ3v) is 2.66. The first-order valence-corrected chi connectivity index (χ1v) is 5.38. The Bertz CT molecular complexity index is 412. The molecule has 1 amide bonds. The maximum atomic E-state index is 11.7. The minimum absolute atomic E-state index is 0.128. The van der Waals surface area contributed by atoms with E-state index in [1.165, 1.54) is 19.1 Å². The number of nitrogens with two attached hydrogens (primary N) is 1. The zero-order chi connectivity index (χ0) is 13.0. The Morgan fingerprint density at radius 3 is 2.76 bits per heavy atom. The van der Waals surface area contributed by atoms with Crippen LogP contribution < -0.4 is 15.4 Å². The summed E-state index contributed by atoms with van der Waals surface area (Å²) < 4.78 is 5.00. The van der Waals surface area contributed by atoms with Crippen molar-refractivity contribution in [3.05, 3.63) is 23.2 Å². The molecule has 0 saturated heterocycles. The van der Waals surface area contributed by atoms with Gasteiger partial charge in [0.2, 0.25) is 0 Å². The number of halogens is 1. The zero-order valence-corrected chi connectivity index (χ0v) is 10.4. The van der Waals surface area contributed by atoms with Crippen molar-refractivity contribution < 1.29 is 14.6 Å². The highest BCUT2D eigenvalue weighted by Crippen LogP contribution is 2.29. The van der Waals surface area contributed by atoms with Crippen LogP contribution >= 0.6 is 11.6 Å². The van der Waals surface area contributed by atoms with Crippen LogP contribution in [0.25, 0.3) is 0 Å². The van der Waals surface area contributed by atoms with Gasteiger partial charge in [0.05, 0.1) is 17.8 Å². The molecular weight excluding hydrogens is 244 g/mol. The molecule has 0 aliphatic heterocycles. The van der Waals surface area contributed by atoms with Gasteiger partial charge in [-0.25, -0.2) is 0 Å². The standard InChI is InChI=1S/C11H15ClN2O3/c1-14(11(16)10(15)6-13)9-4-3-7(17-2)5-8(9)12/h3-5,10,15H,6,13H2,1-2H3. The van der Waals surface area contributed by atoms with Crippen LogP contribution in [-0.4, -0.2) is 37.8 Å². The predicted molar refractivity (Wildman–Crippen MR) is 66.5 cm³/mol. The molecule has 0 saturated carbocycles. The summed E-state index contributed by atoms with van der Waals surface area (Å²) in [6.07, 6.45) is -1.22. The SMILES string of the molecule is COc1ccc(N(C)C(=O)C(O)CN)c(Cl)c1. The van der Waals surface area contributed by atoms with E-state index in [0.717, 1.165) is 0 Å². The normalized spacial score (nSPS) is 12.1. The van der Waals surface area contributed by atoms with Crippen LogP contribution in [0.2, 0.25) is 5.02 Å². The molecule has 0 heterocycles. The molecule has 0 aromatic heterocycles. The lowest BCUT2D eigenvalue weighted by atomic mass is 10.2. The summed E-state index contributed by atoms with van der Waals surface area (Å²) >= 11 is 6.01. The van der Waals surface area contributed by atoms with Gasteiger partial charge in [-0.3, -0.25) is 4.79 Å². The Hall–Kier alpha value is -1.30. The molecular formula is C11H15ClN2O3. The summed E-state index contributed by atoms with van der Waals surface area (Å²) in [6.45, 7) is -0.128. The third kappa shape index (κ3) is 3.09. The van der Waals surface area contributed by atoms with Crippen molar-refractivity contribution in [2.24, 2.45) is 5.73 Å². The summed E-state index contributed by atoms with van der Waals surface area (Å²) in [4.78, 5) is 13.0. The van der Waals surface area contributed by atoms with E-state index in [-0.39, 0.29) is 6.54 Å². The van der Waals surface area contributed by atoms with E-state index in [4.69, 9.17) is 22.1 Å². The molecule has 1 unspecified atom stereocenters. The number of ether oxygens (including phenoxy) is 1. The monoisotopic (exact) mass is 258 g/mol. The fourth-order valence-electron chi connectivity index (χ4n) is 1.33. The van der Waals surface area contributed by atoms with Gasteiger partial charge >= 0.3 is 0 Å². The van der Waals surface area contributed by atoms with Gasteiger partial charge in [-0.1, -0.05) is 11.6 Å². The number of amides is 1. The van der Waals surface area contributed by atoms with E-state index in [0.29, 0.717) is 16.5 Å². The fourth-order valence-corrected chi connectivity index (χ4v) is 1.63. The van der Waals surface area contributed by atoms with Crippen LogP contribution in [0.4, 0.5) is 5.69 Å². The summed E-state index contributed by atoms with van der Waals surface area (Å²) in [5.41, 5.74) is 5.71. The van der Waals surface area contributed by atoms with E-state index in [9.17, 15) is 9.90 Å². The van der Waals surface area contributed by atoms with Gasteiger partial charge in [0.25, 0.3) is 5.91 Å². The summed E-state index contributed by atoms with van der Waals surface area (Å²) in [6, 6.07) is 4.91. The first kappa shape index (κ1) is 13.8. The van der Waals surface area contributed by atoms with Gasteiger partial charge in [0.1, 0.15) is 11.9 Å². The van der Waals surface area contributed by atoms with Crippen molar-refractivity contribution in [2.45, 2.75) is 6.10 Å². The number of nitrogens with zero attached hydrogens (tertiary/aromatic N) is 1. The van der Waals surface area contributed by atoms with E-state index >= 15 is 0 Å². The number of rotatable bonds is 4. The van der Waals surface area contributed by atoms with Gasteiger partial charge in [-0.05, 0) is 12.1 Å². The molecule has 1 aromatic carbocycles. The highest BCUT2D eigenvalue weighted by molar-refractivity contribution is 6.34. The van der Waals surface area contributed by atoms with Crippen molar-refractivity contribution in [1.29, 1.82) is 0 Å². The topological polar surface area (TPSA) is 75.8 Å². The first-order chi connectivity index (χ1) is 8.01. The molecule has 0 radical (unpaired) electrons. The zero-order valence-electron chi connectivity index (χ0n) is 9.68. The highest BCUT2D eigenvalue weighted by Gasteiger charge is 2.20. The molecule has 0 aliphatic rings. The van der Waals surface area contributed by atoms with E-state index in [1.807, 2.05) is 0 Å². The van der Waals surface area contributed by atoms with E-state index in [2.05, 4.69) is 0 Å². The molecule has 0 spiro atoms. The maximum absolute atomic E-state index is 11.7. The predicted octanol–water partition coefficient (Wildman–Crippen LogP) is 0.631. The molecule has 1 rings (SSSR count). The Morgan fingerprint density at radius 2 is 2.29 bits per heavy atom. The Morgan fingerprint density at radius 1 is 1.65 bits per heavy atom. The molecule has 1 aromatic rings. The Kier molecular flexibility index (Phi) is 4.74. The van der Waals surface area contributed by atoms with Crippen molar-refractivity contribution in [3.8, 4) is 5.75 Å². The second-order valence-electron chi connectivity index (χ2n) is 3.47. The van der Waals surface area contributed by atoms with Gasteiger partial charge in [-0.2, -0.15) is 0 Å². The van der Waals surface area contributed by atoms with Crippen LogP contribution in [0.5, 0.6) is 5.75 Å². The first-order valence-electron chi connectivity index (χ1n) is 5.00. The number of hydrogen-bond donors (Lipinski definition) is 2. The van der Waals surface area contributed by atoms with Crippen LogP contribution in [0, 0.1) is 0 Å². The van der Waals surface area contributed by atoms with Gasteiger partial charge in [0, 0.05) is 19.7 Å². The van der Waals surface area contributed by atoms with Crippen LogP contribution in [-0.2, 0) is 4.79 Å². The molecule has 0 fully saturated rings. The van der Waals surface area contributed by atoms with Gasteiger partial charge in [0.15, 0.2) is 0 Å². The van der Waals surface area contributed by atoms with Crippen molar-refractivity contribution >= 4 is 23.2 Å². The number of hydrogen-bond acceptors (Lipinski definition) is 4. The minimum Gasteiger partial charge on any atom is -0.497 e. The Balaban J connectivity index is 2.96. The molecule has 94 valence electrons. The lowest BCUT2D eigenvalue weighted by molar-refractivity contribution is -0.125. The number of carbonyl (C=O) groups is 1. The number of carbonyl (C=O) groups excluding carboxylic acids is 1. The van der Waals surface area contributed by atoms with Crippen molar-refractivity contribution in [3.63, 3.8) is 0 Å². The van der Waals surface area contributed by atoms with E-state index < -0.39 is 12.0 Å². The third-order valence-electron chi connectivity index (χ3n) is 2.36.